The van der Waals surface area contributed by atoms with Gasteiger partial charge in [-0.3, -0.25) is 4.79 Å². The monoisotopic (exact) mass is 367 g/mol. The fourth-order valence-corrected chi connectivity index (χ4v) is 3.05. The minimum atomic E-state index is -0.735. The summed E-state index contributed by atoms with van der Waals surface area (Å²) in [6, 6.07) is 12.3. The van der Waals surface area contributed by atoms with Crippen molar-refractivity contribution >= 4 is 22.7 Å². The lowest BCUT2D eigenvalue weighted by Gasteiger charge is -2.17. The van der Waals surface area contributed by atoms with Crippen LogP contribution in [0, 0.1) is 6.92 Å². The number of esters is 1. The number of aromatic amines is 1. The van der Waals surface area contributed by atoms with E-state index in [1.54, 1.807) is 19.1 Å². The van der Waals surface area contributed by atoms with E-state index in [-0.39, 0.29) is 5.78 Å². The largest absolute Gasteiger partial charge is 0.493 e. The summed E-state index contributed by atoms with van der Waals surface area (Å²) in [6.07, 6.45) is -0.735. The third kappa shape index (κ3) is 3.51. The summed E-state index contributed by atoms with van der Waals surface area (Å²) in [5.74, 6) is 0.124. The van der Waals surface area contributed by atoms with Crippen molar-refractivity contribution in [1.29, 1.82) is 0 Å². The van der Waals surface area contributed by atoms with Gasteiger partial charge in [0.15, 0.2) is 17.6 Å². The van der Waals surface area contributed by atoms with Gasteiger partial charge in [0, 0.05) is 22.2 Å². The molecule has 6 nitrogen and oxygen atoms in total. The molecule has 0 aliphatic rings. The van der Waals surface area contributed by atoms with Crippen molar-refractivity contribution in [3.63, 3.8) is 0 Å². The van der Waals surface area contributed by atoms with E-state index in [0.29, 0.717) is 22.6 Å². The van der Waals surface area contributed by atoms with E-state index >= 15 is 0 Å². The molecule has 2 aromatic carbocycles. The van der Waals surface area contributed by atoms with Gasteiger partial charge in [0.2, 0.25) is 5.78 Å². The molecule has 1 N–H and O–H groups in total. The lowest BCUT2D eigenvalue weighted by atomic mass is 10.0. The maximum absolute atomic E-state index is 13.0. The van der Waals surface area contributed by atoms with Crippen LogP contribution in [0.2, 0.25) is 0 Å². The minimum Gasteiger partial charge on any atom is -0.493 e. The number of carbonyl (C=O) groups excluding carboxylic acids is 2. The van der Waals surface area contributed by atoms with Crippen molar-refractivity contribution in [3.8, 4) is 11.5 Å². The molecular formula is C21H21NO5. The zero-order valence-corrected chi connectivity index (χ0v) is 15.7. The van der Waals surface area contributed by atoms with Crippen molar-refractivity contribution in [1.82, 2.24) is 4.98 Å². The van der Waals surface area contributed by atoms with Crippen molar-refractivity contribution in [3.05, 3.63) is 59.3 Å². The first kappa shape index (κ1) is 18.5. The molecule has 0 saturated heterocycles. The molecule has 3 rings (SSSR count). The molecule has 0 spiro atoms. The first-order valence-electron chi connectivity index (χ1n) is 8.50. The average molecular weight is 367 g/mol. The number of fused-ring (bicyclic) bond motifs is 1. The lowest BCUT2D eigenvalue weighted by Crippen LogP contribution is -2.24. The van der Waals surface area contributed by atoms with Gasteiger partial charge in [0.1, 0.15) is 0 Å². The summed E-state index contributed by atoms with van der Waals surface area (Å²) >= 11 is 0. The van der Waals surface area contributed by atoms with Crippen LogP contribution in [-0.4, -0.2) is 37.1 Å². The van der Waals surface area contributed by atoms with Gasteiger partial charge in [0.05, 0.1) is 19.8 Å². The number of hydrogen-bond acceptors (Lipinski definition) is 5. The summed E-state index contributed by atoms with van der Waals surface area (Å²) in [5, 5.41) is 0.864. The van der Waals surface area contributed by atoms with Gasteiger partial charge in [-0.25, -0.2) is 4.79 Å². The standard InChI is InChI=1S/C21H21NO5/c1-12-19(15-7-5-6-8-16(15)22-12)20(23)13(2)27-17-10-9-14(21(24)26-4)11-18(17)25-3/h5-11,13,22H,1-4H3/t13-/m1/s1. The Hall–Kier alpha value is -3.28. The predicted octanol–water partition coefficient (Wildman–Crippen LogP) is 3.92. The molecule has 1 atom stereocenters. The Bertz CT molecular complexity index is 1000. The summed E-state index contributed by atoms with van der Waals surface area (Å²) in [7, 11) is 2.78. The average Bonchev–Trinajstić information content (AvgIpc) is 3.02. The number of methoxy groups -OCH3 is 2. The van der Waals surface area contributed by atoms with Crippen LogP contribution in [0.25, 0.3) is 10.9 Å². The second kappa shape index (κ2) is 7.53. The third-order valence-electron chi connectivity index (χ3n) is 4.40. The fraction of sp³-hybridized carbons (Fsp3) is 0.238. The molecule has 1 heterocycles. The van der Waals surface area contributed by atoms with E-state index in [1.807, 2.05) is 31.2 Å². The van der Waals surface area contributed by atoms with Gasteiger partial charge in [0.25, 0.3) is 0 Å². The number of Topliss-reactive ketones (excluding diaryl/α,β-unsaturated/α-hetero) is 1. The van der Waals surface area contributed by atoms with Gasteiger partial charge >= 0.3 is 5.97 Å². The third-order valence-corrected chi connectivity index (χ3v) is 4.40. The molecule has 1 aromatic heterocycles. The van der Waals surface area contributed by atoms with Gasteiger partial charge < -0.3 is 19.2 Å². The van der Waals surface area contributed by atoms with Crippen LogP contribution in [0.1, 0.15) is 33.3 Å². The normalized spacial score (nSPS) is 11.9. The van der Waals surface area contributed by atoms with Gasteiger partial charge in [-0.2, -0.15) is 0 Å². The van der Waals surface area contributed by atoms with Gasteiger partial charge in [-0.15, -0.1) is 0 Å². The Balaban J connectivity index is 1.88. The number of ether oxygens (including phenoxy) is 3. The number of hydrogen-bond donors (Lipinski definition) is 1. The molecule has 0 saturated carbocycles. The molecule has 0 aliphatic heterocycles. The second-order valence-electron chi connectivity index (χ2n) is 6.15. The Kier molecular flexibility index (Phi) is 5.16. The summed E-state index contributed by atoms with van der Waals surface area (Å²) in [5.41, 5.74) is 2.66. The Morgan fingerprint density at radius 3 is 2.48 bits per heavy atom. The molecule has 6 heteroatoms. The first-order chi connectivity index (χ1) is 13.0. The van der Waals surface area contributed by atoms with Gasteiger partial charge in [-0.05, 0) is 38.1 Å². The number of ketones is 1. The van der Waals surface area contributed by atoms with Crippen LogP contribution < -0.4 is 9.47 Å². The Labute approximate surface area is 157 Å². The molecule has 0 amide bonds. The maximum atomic E-state index is 13.0. The number of carbonyl (C=O) groups is 2. The van der Waals surface area contributed by atoms with Crippen LogP contribution in [0.5, 0.6) is 11.5 Å². The number of aromatic nitrogens is 1. The van der Waals surface area contributed by atoms with E-state index in [4.69, 9.17) is 14.2 Å². The van der Waals surface area contributed by atoms with E-state index in [9.17, 15) is 9.59 Å². The Morgan fingerprint density at radius 1 is 1.04 bits per heavy atom. The molecule has 3 aromatic rings. The first-order valence-corrected chi connectivity index (χ1v) is 8.50. The highest BCUT2D eigenvalue weighted by Gasteiger charge is 2.24. The maximum Gasteiger partial charge on any atom is 0.337 e. The number of H-pyrrole nitrogens is 1. The van der Waals surface area contributed by atoms with E-state index in [2.05, 4.69) is 4.98 Å². The summed E-state index contributed by atoms with van der Waals surface area (Å²) in [6.45, 7) is 3.56. The van der Waals surface area contributed by atoms with E-state index in [1.165, 1.54) is 20.3 Å². The lowest BCUT2D eigenvalue weighted by molar-refractivity contribution is 0.0599. The highest BCUT2D eigenvalue weighted by Crippen LogP contribution is 2.31. The number of para-hydroxylation sites is 1. The second-order valence-corrected chi connectivity index (χ2v) is 6.15. The highest BCUT2D eigenvalue weighted by molar-refractivity contribution is 6.11. The van der Waals surface area contributed by atoms with Crippen molar-refractivity contribution in [2.24, 2.45) is 0 Å². The van der Waals surface area contributed by atoms with E-state index in [0.717, 1.165) is 16.6 Å². The number of rotatable bonds is 6. The van der Waals surface area contributed by atoms with Crippen LogP contribution in [0.3, 0.4) is 0 Å². The summed E-state index contributed by atoms with van der Waals surface area (Å²) < 4.78 is 15.9. The van der Waals surface area contributed by atoms with Crippen molar-refractivity contribution < 1.29 is 23.8 Å². The number of aryl methyl sites for hydroxylation is 1. The SMILES string of the molecule is COC(=O)c1ccc(O[C@H](C)C(=O)c2c(C)[nH]c3ccccc23)c(OC)c1. The Morgan fingerprint density at radius 2 is 1.78 bits per heavy atom. The molecule has 140 valence electrons. The quantitative estimate of drug-likeness (QED) is 0.528. The van der Waals surface area contributed by atoms with Crippen LogP contribution in [0.4, 0.5) is 0 Å². The van der Waals surface area contributed by atoms with Crippen molar-refractivity contribution in [2.45, 2.75) is 20.0 Å². The van der Waals surface area contributed by atoms with Crippen LogP contribution in [-0.2, 0) is 4.74 Å². The minimum absolute atomic E-state index is 0.135. The molecule has 0 unspecified atom stereocenters. The predicted molar refractivity (Wildman–Crippen MR) is 102 cm³/mol. The molecular weight excluding hydrogens is 346 g/mol. The molecule has 27 heavy (non-hydrogen) atoms. The molecule has 0 aliphatic carbocycles. The van der Waals surface area contributed by atoms with Crippen LogP contribution in [0.15, 0.2) is 42.5 Å². The molecule has 0 radical (unpaired) electrons. The molecule has 0 fully saturated rings. The van der Waals surface area contributed by atoms with Crippen molar-refractivity contribution in [2.75, 3.05) is 14.2 Å². The summed E-state index contributed by atoms with van der Waals surface area (Å²) in [4.78, 5) is 27.9. The molecule has 0 bridgehead atoms. The zero-order chi connectivity index (χ0) is 19.6. The fourth-order valence-electron chi connectivity index (χ4n) is 3.05. The topological polar surface area (TPSA) is 77.6 Å². The number of benzene rings is 2. The highest BCUT2D eigenvalue weighted by atomic mass is 16.5. The zero-order valence-electron chi connectivity index (χ0n) is 15.7. The van der Waals surface area contributed by atoms with E-state index < -0.39 is 12.1 Å². The number of nitrogens with one attached hydrogen (secondary N) is 1. The van der Waals surface area contributed by atoms with Crippen LogP contribution >= 0.6 is 0 Å². The van der Waals surface area contributed by atoms with Gasteiger partial charge in [-0.1, -0.05) is 18.2 Å². The smallest absolute Gasteiger partial charge is 0.337 e.